The van der Waals surface area contributed by atoms with E-state index >= 15 is 0 Å². The van der Waals surface area contributed by atoms with Crippen LogP contribution in [0, 0.1) is 5.92 Å². The van der Waals surface area contributed by atoms with E-state index in [-0.39, 0.29) is 11.3 Å². The summed E-state index contributed by atoms with van der Waals surface area (Å²) in [6.07, 6.45) is 5.44. The monoisotopic (exact) mass is 448 g/mol. The van der Waals surface area contributed by atoms with E-state index in [1.807, 2.05) is 35.0 Å². The molecule has 0 amide bonds. The molecule has 0 bridgehead atoms. The van der Waals surface area contributed by atoms with Gasteiger partial charge in [-0.3, -0.25) is 0 Å². The van der Waals surface area contributed by atoms with Gasteiger partial charge in [0.1, 0.15) is 0 Å². The lowest BCUT2D eigenvalue weighted by molar-refractivity contribution is -0.0357. The number of methoxy groups -OCH3 is 1. The third-order valence-electron chi connectivity index (χ3n) is 7.70. The van der Waals surface area contributed by atoms with Crippen LogP contribution in [0.5, 0.6) is 0 Å². The number of hydrogen-bond acceptors (Lipinski definition) is 5. The van der Waals surface area contributed by atoms with Crippen molar-refractivity contribution >= 4 is 22.7 Å². The molecule has 3 heterocycles. The van der Waals surface area contributed by atoms with Crippen molar-refractivity contribution in [1.29, 1.82) is 0 Å². The van der Waals surface area contributed by atoms with Crippen molar-refractivity contribution in [3.63, 3.8) is 0 Å². The molecule has 1 aliphatic carbocycles. The maximum atomic E-state index is 12.0. The van der Waals surface area contributed by atoms with E-state index in [9.17, 15) is 9.90 Å². The van der Waals surface area contributed by atoms with E-state index in [4.69, 9.17) is 9.84 Å². The number of aromatic nitrogens is 3. The molecule has 7 nitrogen and oxygen atoms in total. The maximum Gasteiger partial charge on any atom is 0.354 e. The smallest absolute Gasteiger partial charge is 0.354 e. The van der Waals surface area contributed by atoms with Gasteiger partial charge in [-0.2, -0.15) is 5.10 Å². The maximum absolute atomic E-state index is 12.0. The number of carbonyl (C=O) groups is 1. The number of carboxylic acids is 1. The molecule has 2 aliphatic rings. The van der Waals surface area contributed by atoms with Gasteiger partial charge in [0, 0.05) is 26.1 Å². The number of pyridine rings is 1. The van der Waals surface area contributed by atoms with Crippen LogP contribution in [0.25, 0.3) is 16.7 Å². The molecule has 0 unspecified atom stereocenters. The van der Waals surface area contributed by atoms with E-state index in [1.165, 1.54) is 6.42 Å². The second-order valence-corrected chi connectivity index (χ2v) is 9.86. The van der Waals surface area contributed by atoms with Crippen LogP contribution in [0.2, 0.25) is 0 Å². The van der Waals surface area contributed by atoms with Crippen molar-refractivity contribution in [2.45, 2.75) is 57.5 Å². The molecule has 1 aromatic carbocycles. The molecular weight excluding hydrogens is 416 g/mol. The lowest BCUT2D eigenvalue weighted by Gasteiger charge is -2.41. The van der Waals surface area contributed by atoms with Gasteiger partial charge in [-0.1, -0.05) is 24.6 Å². The van der Waals surface area contributed by atoms with Crippen LogP contribution < -0.4 is 4.90 Å². The van der Waals surface area contributed by atoms with Gasteiger partial charge in [0.25, 0.3) is 0 Å². The Bertz CT molecular complexity index is 1160. The summed E-state index contributed by atoms with van der Waals surface area (Å²) in [5.74, 6) is -0.147. The van der Waals surface area contributed by atoms with Crippen molar-refractivity contribution in [2.75, 3.05) is 25.1 Å². The zero-order valence-corrected chi connectivity index (χ0v) is 19.6. The molecule has 2 aromatic heterocycles. The third kappa shape index (κ3) is 3.88. The number of para-hydroxylation sites is 1. The SMILES string of the molecule is COC(C)(C)C1CCN(c2cc(C(=O)O)nc3c2c(C2CCC2)nn3-c2ccccc2)CC1. The number of aromatic carboxylic acids is 1. The summed E-state index contributed by atoms with van der Waals surface area (Å²) >= 11 is 0. The predicted molar refractivity (Wildman–Crippen MR) is 128 cm³/mol. The lowest BCUT2D eigenvalue weighted by Crippen LogP contribution is -2.43. The Morgan fingerprint density at radius 1 is 1.12 bits per heavy atom. The topological polar surface area (TPSA) is 80.5 Å². The molecule has 1 N–H and O–H groups in total. The molecule has 7 heteroatoms. The second-order valence-electron chi connectivity index (χ2n) is 9.86. The largest absolute Gasteiger partial charge is 0.477 e. The summed E-state index contributed by atoms with van der Waals surface area (Å²) in [7, 11) is 1.78. The fraction of sp³-hybridized carbons (Fsp3) is 0.500. The van der Waals surface area contributed by atoms with E-state index in [1.54, 1.807) is 13.2 Å². The van der Waals surface area contributed by atoms with E-state index in [2.05, 4.69) is 23.7 Å². The molecule has 5 rings (SSSR count). The summed E-state index contributed by atoms with van der Waals surface area (Å²) in [6, 6.07) is 11.6. The fourth-order valence-corrected chi connectivity index (χ4v) is 5.18. The molecule has 1 saturated heterocycles. The number of nitrogens with zero attached hydrogens (tertiary/aromatic N) is 4. The quantitative estimate of drug-likeness (QED) is 0.570. The molecule has 2 fully saturated rings. The highest BCUT2D eigenvalue weighted by molar-refractivity contribution is 5.98. The van der Waals surface area contributed by atoms with Crippen LogP contribution in [0.1, 0.15) is 68.1 Å². The highest BCUT2D eigenvalue weighted by Gasteiger charge is 2.35. The Balaban J connectivity index is 1.64. The minimum absolute atomic E-state index is 0.0640. The molecular formula is C26H32N4O3. The van der Waals surface area contributed by atoms with Gasteiger partial charge in [0.05, 0.1) is 28.1 Å². The standard InChI is InChI=1S/C26H32N4O3/c1-26(2,33-3)18-12-14-29(15-13-18)21-16-20(25(31)32)27-24-22(21)23(17-8-7-9-17)28-30(24)19-10-5-4-6-11-19/h4-6,10-11,16-18H,7-9,12-15H2,1-3H3,(H,31,32). The van der Waals surface area contributed by atoms with Gasteiger partial charge >= 0.3 is 5.97 Å². The Kier molecular flexibility index (Phi) is 5.60. The minimum atomic E-state index is -1.01. The third-order valence-corrected chi connectivity index (χ3v) is 7.70. The zero-order valence-electron chi connectivity index (χ0n) is 19.6. The Labute approximate surface area is 194 Å². The second kappa shape index (κ2) is 8.45. The van der Waals surface area contributed by atoms with E-state index in [0.29, 0.717) is 17.5 Å². The van der Waals surface area contributed by atoms with Crippen molar-refractivity contribution in [2.24, 2.45) is 5.92 Å². The Hall–Kier alpha value is -2.93. The summed E-state index contributed by atoms with van der Waals surface area (Å²) in [5, 5.41) is 15.9. The van der Waals surface area contributed by atoms with Crippen molar-refractivity contribution in [3.8, 4) is 5.69 Å². The number of carboxylic acid groups (broad SMARTS) is 1. The normalized spacial score (nSPS) is 18.0. The van der Waals surface area contributed by atoms with Crippen LogP contribution in [-0.2, 0) is 4.74 Å². The van der Waals surface area contributed by atoms with Crippen LogP contribution in [0.3, 0.4) is 0 Å². The average Bonchev–Trinajstić information content (AvgIpc) is 3.17. The Morgan fingerprint density at radius 3 is 2.39 bits per heavy atom. The minimum Gasteiger partial charge on any atom is -0.477 e. The molecule has 0 spiro atoms. The Morgan fingerprint density at radius 2 is 1.82 bits per heavy atom. The first-order valence-electron chi connectivity index (χ1n) is 11.9. The van der Waals surface area contributed by atoms with Crippen LogP contribution >= 0.6 is 0 Å². The van der Waals surface area contributed by atoms with E-state index < -0.39 is 5.97 Å². The first-order chi connectivity index (χ1) is 15.9. The van der Waals surface area contributed by atoms with Gasteiger partial charge in [-0.25, -0.2) is 14.5 Å². The number of benzene rings is 1. The number of fused-ring (bicyclic) bond motifs is 1. The number of ether oxygens (including phenoxy) is 1. The van der Waals surface area contributed by atoms with Crippen LogP contribution in [-0.4, -0.2) is 51.6 Å². The highest BCUT2D eigenvalue weighted by atomic mass is 16.5. The molecule has 0 radical (unpaired) electrons. The van der Waals surface area contributed by atoms with E-state index in [0.717, 1.165) is 61.2 Å². The van der Waals surface area contributed by atoms with Crippen LogP contribution in [0.4, 0.5) is 5.69 Å². The van der Waals surface area contributed by atoms with Crippen molar-refractivity contribution in [3.05, 3.63) is 47.8 Å². The van der Waals surface area contributed by atoms with Gasteiger partial charge in [-0.15, -0.1) is 0 Å². The molecule has 3 aromatic rings. The molecule has 1 aliphatic heterocycles. The summed E-state index contributed by atoms with van der Waals surface area (Å²) in [6.45, 7) is 6.02. The molecule has 33 heavy (non-hydrogen) atoms. The fourth-order valence-electron chi connectivity index (χ4n) is 5.18. The number of piperidine rings is 1. The van der Waals surface area contributed by atoms with Crippen LogP contribution in [0.15, 0.2) is 36.4 Å². The first-order valence-corrected chi connectivity index (χ1v) is 11.9. The van der Waals surface area contributed by atoms with Gasteiger partial charge in [0.15, 0.2) is 11.3 Å². The van der Waals surface area contributed by atoms with Gasteiger partial charge in [-0.05, 0) is 63.6 Å². The average molecular weight is 449 g/mol. The molecule has 174 valence electrons. The number of hydrogen-bond donors (Lipinski definition) is 1. The van der Waals surface area contributed by atoms with Gasteiger partial charge < -0.3 is 14.7 Å². The number of rotatable bonds is 6. The summed E-state index contributed by atoms with van der Waals surface area (Å²) in [4.78, 5) is 19.0. The van der Waals surface area contributed by atoms with Gasteiger partial charge in [0.2, 0.25) is 0 Å². The summed E-state index contributed by atoms with van der Waals surface area (Å²) < 4.78 is 7.58. The lowest BCUT2D eigenvalue weighted by atomic mass is 9.81. The predicted octanol–water partition coefficient (Wildman–Crippen LogP) is 5.03. The van der Waals surface area contributed by atoms with Crippen molar-refractivity contribution in [1.82, 2.24) is 14.8 Å². The molecule has 1 saturated carbocycles. The number of anilines is 1. The zero-order chi connectivity index (χ0) is 23.2. The van der Waals surface area contributed by atoms with Crippen molar-refractivity contribution < 1.29 is 14.6 Å². The molecule has 0 atom stereocenters. The highest BCUT2D eigenvalue weighted by Crippen LogP contribution is 2.43. The summed E-state index contributed by atoms with van der Waals surface area (Å²) in [5.41, 5.74) is 3.44. The first kappa shape index (κ1) is 21.9.